The van der Waals surface area contributed by atoms with Crippen molar-refractivity contribution in [2.24, 2.45) is 0 Å². The second-order valence-corrected chi connectivity index (χ2v) is 5.52. The third kappa shape index (κ3) is 1.94. The molecule has 2 N–H and O–H groups in total. The van der Waals surface area contributed by atoms with Crippen molar-refractivity contribution in [2.75, 3.05) is 26.7 Å². The predicted octanol–water partition coefficient (Wildman–Crippen LogP) is 1.33. The average molecular weight is 232 g/mol. The highest BCUT2D eigenvalue weighted by atomic mass is 16.3. The number of likely N-dealkylation sites (N-methyl/N-ethyl adjacent to an activating group) is 1. The number of benzene rings is 1. The van der Waals surface area contributed by atoms with Crippen LogP contribution in [0.2, 0.25) is 0 Å². The van der Waals surface area contributed by atoms with E-state index in [-0.39, 0.29) is 5.41 Å². The molecule has 0 unspecified atom stereocenters. The highest BCUT2D eigenvalue weighted by Crippen LogP contribution is 2.51. The van der Waals surface area contributed by atoms with E-state index in [1.54, 1.807) is 6.07 Å². The number of aromatic hydroxyl groups is 1. The molecule has 92 valence electrons. The van der Waals surface area contributed by atoms with E-state index in [4.69, 9.17) is 0 Å². The summed E-state index contributed by atoms with van der Waals surface area (Å²) in [5.41, 5.74) is 1.36. The lowest BCUT2D eigenvalue weighted by Gasteiger charge is -2.37. The summed E-state index contributed by atoms with van der Waals surface area (Å²) in [7, 11) is 2.20. The van der Waals surface area contributed by atoms with Crippen molar-refractivity contribution >= 4 is 0 Å². The van der Waals surface area contributed by atoms with Gasteiger partial charge >= 0.3 is 0 Å². The Labute approximate surface area is 102 Å². The molecule has 1 saturated carbocycles. The molecule has 1 aromatic carbocycles. The molecule has 1 saturated heterocycles. The van der Waals surface area contributed by atoms with Crippen LogP contribution < -0.4 is 5.32 Å². The van der Waals surface area contributed by atoms with E-state index in [0.717, 1.165) is 25.2 Å². The quantitative estimate of drug-likeness (QED) is 0.822. The van der Waals surface area contributed by atoms with Crippen molar-refractivity contribution in [3.8, 4) is 5.75 Å². The van der Waals surface area contributed by atoms with Gasteiger partial charge in [0.15, 0.2) is 0 Å². The SMILES string of the molecule is CN(CC1(c2ccccc2O)CC1)C1CNC1. The highest BCUT2D eigenvalue weighted by Gasteiger charge is 2.47. The molecular formula is C14H20N2O. The third-order valence-electron chi connectivity index (χ3n) is 4.26. The van der Waals surface area contributed by atoms with E-state index in [0.29, 0.717) is 11.8 Å². The minimum atomic E-state index is 0.218. The lowest BCUT2D eigenvalue weighted by Crippen LogP contribution is -2.57. The maximum Gasteiger partial charge on any atom is 0.119 e. The van der Waals surface area contributed by atoms with Gasteiger partial charge in [0.05, 0.1) is 0 Å². The fourth-order valence-corrected chi connectivity index (χ4v) is 2.78. The van der Waals surface area contributed by atoms with E-state index in [1.807, 2.05) is 12.1 Å². The Morgan fingerprint density at radius 3 is 2.59 bits per heavy atom. The van der Waals surface area contributed by atoms with Crippen molar-refractivity contribution < 1.29 is 5.11 Å². The fourth-order valence-electron chi connectivity index (χ4n) is 2.78. The third-order valence-corrected chi connectivity index (χ3v) is 4.26. The van der Waals surface area contributed by atoms with Crippen LogP contribution in [0.5, 0.6) is 5.75 Å². The van der Waals surface area contributed by atoms with Crippen LogP contribution >= 0.6 is 0 Å². The summed E-state index contributed by atoms with van der Waals surface area (Å²) in [6.45, 7) is 3.28. The lowest BCUT2D eigenvalue weighted by atomic mass is 9.93. The van der Waals surface area contributed by atoms with Crippen molar-refractivity contribution in [1.29, 1.82) is 0 Å². The molecular weight excluding hydrogens is 212 g/mol. The minimum Gasteiger partial charge on any atom is -0.508 e. The molecule has 17 heavy (non-hydrogen) atoms. The zero-order chi connectivity index (χ0) is 11.9. The summed E-state index contributed by atoms with van der Waals surface area (Å²) in [6, 6.07) is 8.49. The first-order valence-corrected chi connectivity index (χ1v) is 6.41. The van der Waals surface area contributed by atoms with Gasteiger partial charge in [-0.1, -0.05) is 18.2 Å². The zero-order valence-corrected chi connectivity index (χ0v) is 10.3. The van der Waals surface area contributed by atoms with Gasteiger partial charge in [-0.2, -0.15) is 0 Å². The van der Waals surface area contributed by atoms with Crippen LogP contribution in [-0.4, -0.2) is 42.7 Å². The largest absolute Gasteiger partial charge is 0.508 e. The van der Waals surface area contributed by atoms with Crippen molar-refractivity contribution in [1.82, 2.24) is 10.2 Å². The molecule has 3 heteroatoms. The van der Waals surface area contributed by atoms with E-state index < -0.39 is 0 Å². The standard InChI is InChI=1S/C14H20N2O/c1-16(11-8-15-9-11)10-14(6-7-14)12-4-2-3-5-13(12)17/h2-5,11,15,17H,6-10H2,1H3. The Morgan fingerprint density at radius 1 is 1.35 bits per heavy atom. The van der Waals surface area contributed by atoms with Crippen LogP contribution in [-0.2, 0) is 5.41 Å². The minimum absolute atomic E-state index is 0.218. The molecule has 3 nitrogen and oxygen atoms in total. The van der Waals surface area contributed by atoms with Crippen LogP contribution in [0.4, 0.5) is 0 Å². The first-order chi connectivity index (χ1) is 8.21. The van der Waals surface area contributed by atoms with Gasteiger partial charge in [-0.3, -0.25) is 4.90 Å². The number of nitrogens with zero attached hydrogens (tertiary/aromatic N) is 1. The van der Waals surface area contributed by atoms with Gasteiger partial charge in [-0.15, -0.1) is 0 Å². The van der Waals surface area contributed by atoms with Crippen molar-refractivity contribution in [3.63, 3.8) is 0 Å². The number of rotatable bonds is 4. The topological polar surface area (TPSA) is 35.5 Å². The van der Waals surface area contributed by atoms with E-state index >= 15 is 0 Å². The number of hydrogen-bond donors (Lipinski definition) is 2. The number of phenolic OH excluding ortho intramolecular Hbond substituents is 1. The van der Waals surface area contributed by atoms with Gasteiger partial charge in [0.1, 0.15) is 5.75 Å². The molecule has 0 radical (unpaired) electrons. The summed E-state index contributed by atoms with van der Waals surface area (Å²) in [5.74, 6) is 0.463. The molecule has 0 bridgehead atoms. The van der Waals surface area contributed by atoms with Gasteiger partial charge in [-0.05, 0) is 26.0 Å². The Balaban J connectivity index is 1.75. The monoisotopic (exact) mass is 232 g/mol. The molecule has 1 aliphatic carbocycles. The van der Waals surface area contributed by atoms with Gasteiger partial charge in [0.25, 0.3) is 0 Å². The molecule has 3 rings (SSSR count). The number of para-hydroxylation sites is 1. The summed E-state index contributed by atoms with van der Waals surface area (Å²) >= 11 is 0. The second-order valence-electron chi connectivity index (χ2n) is 5.52. The normalized spacial score (nSPS) is 22.5. The summed E-state index contributed by atoms with van der Waals surface area (Å²) in [4.78, 5) is 2.44. The molecule has 0 aromatic heterocycles. The van der Waals surface area contributed by atoms with Crippen LogP contribution in [0.15, 0.2) is 24.3 Å². The molecule has 0 amide bonds. The highest BCUT2D eigenvalue weighted by molar-refractivity contribution is 5.42. The maximum atomic E-state index is 9.98. The number of phenols is 1. The van der Waals surface area contributed by atoms with Gasteiger partial charge in [0.2, 0.25) is 0 Å². The summed E-state index contributed by atoms with van der Waals surface area (Å²) < 4.78 is 0. The first kappa shape index (κ1) is 11.1. The average Bonchev–Trinajstić information content (AvgIpc) is 2.96. The fraction of sp³-hybridized carbons (Fsp3) is 0.571. The molecule has 2 aliphatic rings. The van der Waals surface area contributed by atoms with Gasteiger partial charge in [-0.25, -0.2) is 0 Å². The van der Waals surface area contributed by atoms with Gasteiger partial charge < -0.3 is 10.4 Å². The lowest BCUT2D eigenvalue weighted by molar-refractivity contribution is 0.165. The van der Waals surface area contributed by atoms with Crippen LogP contribution in [0.3, 0.4) is 0 Å². The van der Waals surface area contributed by atoms with Crippen LogP contribution in [0.25, 0.3) is 0 Å². The number of hydrogen-bond acceptors (Lipinski definition) is 3. The van der Waals surface area contributed by atoms with E-state index in [9.17, 15) is 5.11 Å². The Bertz CT molecular complexity index is 410. The molecule has 1 heterocycles. The second kappa shape index (κ2) is 4.00. The smallest absolute Gasteiger partial charge is 0.119 e. The molecule has 0 atom stereocenters. The predicted molar refractivity (Wildman–Crippen MR) is 68.3 cm³/mol. The van der Waals surface area contributed by atoms with E-state index in [1.165, 1.54) is 12.8 Å². The Morgan fingerprint density at radius 2 is 2.06 bits per heavy atom. The van der Waals surface area contributed by atoms with Crippen molar-refractivity contribution in [3.05, 3.63) is 29.8 Å². The van der Waals surface area contributed by atoms with Gasteiger partial charge in [0, 0.05) is 36.7 Å². The molecule has 1 aliphatic heterocycles. The molecule has 2 fully saturated rings. The van der Waals surface area contributed by atoms with E-state index in [2.05, 4.69) is 23.3 Å². The van der Waals surface area contributed by atoms with Crippen LogP contribution in [0.1, 0.15) is 18.4 Å². The first-order valence-electron chi connectivity index (χ1n) is 6.41. The summed E-state index contributed by atoms with van der Waals surface area (Å²) in [6.07, 6.45) is 2.41. The maximum absolute atomic E-state index is 9.98. The van der Waals surface area contributed by atoms with Crippen molar-refractivity contribution in [2.45, 2.75) is 24.3 Å². The Kier molecular flexibility index (Phi) is 2.60. The molecule has 1 aromatic rings. The molecule has 0 spiro atoms. The van der Waals surface area contributed by atoms with Crippen LogP contribution in [0, 0.1) is 0 Å². The summed E-state index contributed by atoms with van der Waals surface area (Å²) in [5, 5.41) is 13.3. The Hall–Kier alpha value is -1.06. The zero-order valence-electron chi connectivity index (χ0n) is 10.3. The number of nitrogens with one attached hydrogen (secondary N) is 1.